The van der Waals surface area contributed by atoms with Crippen LogP contribution in [0.15, 0.2) is 42.0 Å². The molecule has 5 atom stereocenters. The first-order valence-corrected chi connectivity index (χ1v) is 16.1. The van der Waals surface area contributed by atoms with Gasteiger partial charge in [0.2, 0.25) is 17.7 Å². The standard InChI is InChI=1S/C36H59N3O5/c1-13-29(36(8,9)26-17-15-14-16-18-26)32(40)37-31(35(5,6)7)34(42)38(10)30(24(2)3)21-25(4)33(41)39-27(22-43-11)19-20-28(39)23-44-12/h14-18,21,24,27-31H,13,19-20,22-23H2,1-12H3,(H,37,40)/b25-21+/t27-,28-,29+,30+,31+/m0/s1. The number of methoxy groups -OCH3 is 2. The van der Waals surface area contributed by atoms with E-state index in [1.807, 2.05) is 77.6 Å². The number of likely N-dealkylation sites (N-methyl/N-ethyl adjacent to an activating group) is 1. The Kier molecular flexibility index (Phi) is 13.7. The Bertz CT molecular complexity index is 1110. The maximum Gasteiger partial charge on any atom is 0.249 e. The maximum absolute atomic E-state index is 14.2. The van der Waals surface area contributed by atoms with Crippen LogP contribution >= 0.6 is 0 Å². The minimum absolute atomic E-state index is 0.0139. The first kappa shape index (κ1) is 37.5. The molecule has 1 aliphatic heterocycles. The van der Waals surface area contributed by atoms with E-state index in [4.69, 9.17) is 9.47 Å². The number of hydrogen-bond donors (Lipinski definition) is 1. The molecule has 44 heavy (non-hydrogen) atoms. The Morgan fingerprint density at radius 2 is 1.52 bits per heavy atom. The molecule has 3 amide bonds. The smallest absolute Gasteiger partial charge is 0.249 e. The monoisotopic (exact) mass is 613 g/mol. The highest BCUT2D eigenvalue weighted by Crippen LogP contribution is 2.35. The molecule has 0 saturated carbocycles. The predicted octanol–water partition coefficient (Wildman–Crippen LogP) is 5.60. The molecule has 0 radical (unpaired) electrons. The van der Waals surface area contributed by atoms with Gasteiger partial charge in [0.05, 0.1) is 31.3 Å². The van der Waals surface area contributed by atoms with E-state index in [1.165, 1.54) is 0 Å². The highest BCUT2D eigenvalue weighted by Gasteiger charge is 2.42. The zero-order chi connectivity index (χ0) is 33.4. The first-order chi connectivity index (χ1) is 20.5. The van der Waals surface area contributed by atoms with Crippen LogP contribution in [0.25, 0.3) is 0 Å². The van der Waals surface area contributed by atoms with E-state index in [2.05, 4.69) is 31.3 Å². The second kappa shape index (κ2) is 16.0. The van der Waals surface area contributed by atoms with E-state index in [0.717, 1.165) is 18.4 Å². The molecule has 0 aromatic heterocycles. The largest absolute Gasteiger partial charge is 0.383 e. The number of amides is 3. The van der Waals surface area contributed by atoms with Crippen molar-refractivity contribution in [1.29, 1.82) is 0 Å². The number of ether oxygens (including phenoxy) is 2. The molecule has 0 unspecified atom stereocenters. The predicted molar refractivity (Wildman–Crippen MR) is 177 cm³/mol. The zero-order valence-corrected chi connectivity index (χ0v) is 29.4. The maximum atomic E-state index is 14.2. The number of carbonyl (C=O) groups is 3. The summed E-state index contributed by atoms with van der Waals surface area (Å²) in [5.74, 6) is -0.661. The van der Waals surface area contributed by atoms with Gasteiger partial charge in [-0.25, -0.2) is 0 Å². The van der Waals surface area contributed by atoms with Gasteiger partial charge in [-0.3, -0.25) is 14.4 Å². The van der Waals surface area contributed by atoms with Crippen LogP contribution in [0.3, 0.4) is 0 Å². The van der Waals surface area contributed by atoms with Crippen LogP contribution in [0.1, 0.15) is 87.1 Å². The Morgan fingerprint density at radius 3 is 1.95 bits per heavy atom. The molecule has 248 valence electrons. The summed E-state index contributed by atoms with van der Waals surface area (Å²) < 4.78 is 10.8. The quantitative estimate of drug-likeness (QED) is 0.276. The lowest BCUT2D eigenvalue weighted by Crippen LogP contribution is -2.58. The highest BCUT2D eigenvalue weighted by atomic mass is 16.5. The van der Waals surface area contributed by atoms with Gasteiger partial charge >= 0.3 is 0 Å². The summed E-state index contributed by atoms with van der Waals surface area (Å²) in [6, 6.07) is 8.93. The molecular weight excluding hydrogens is 554 g/mol. The average Bonchev–Trinajstić information content (AvgIpc) is 3.35. The molecule has 0 aliphatic carbocycles. The molecular formula is C36H59N3O5. The summed E-state index contributed by atoms with van der Waals surface area (Å²) in [5, 5.41) is 3.17. The lowest BCUT2D eigenvalue weighted by atomic mass is 9.71. The number of carbonyl (C=O) groups excluding carboxylic acids is 3. The number of likely N-dealkylation sites (tertiary alicyclic amines) is 1. The fourth-order valence-corrected chi connectivity index (χ4v) is 6.62. The van der Waals surface area contributed by atoms with Gasteiger partial charge in [-0.2, -0.15) is 0 Å². The highest BCUT2D eigenvalue weighted by molar-refractivity contribution is 5.94. The molecule has 1 N–H and O–H groups in total. The minimum atomic E-state index is -0.748. The Balaban J connectivity index is 2.36. The summed E-state index contributed by atoms with van der Waals surface area (Å²) in [7, 11) is 5.08. The molecule has 1 fully saturated rings. The van der Waals surface area contributed by atoms with E-state index in [1.54, 1.807) is 26.2 Å². The lowest BCUT2D eigenvalue weighted by molar-refractivity contribution is -0.141. The third kappa shape index (κ3) is 8.94. The van der Waals surface area contributed by atoms with Crippen LogP contribution in [-0.4, -0.2) is 86.2 Å². The average molecular weight is 614 g/mol. The summed E-state index contributed by atoms with van der Waals surface area (Å²) in [6.07, 6.45) is 4.27. The van der Waals surface area contributed by atoms with Crippen LogP contribution in [0.5, 0.6) is 0 Å². The molecule has 1 heterocycles. The number of nitrogens with one attached hydrogen (secondary N) is 1. The topological polar surface area (TPSA) is 88.2 Å². The molecule has 8 heteroatoms. The van der Waals surface area contributed by atoms with Crippen molar-refractivity contribution in [3.63, 3.8) is 0 Å². The zero-order valence-electron chi connectivity index (χ0n) is 29.4. The van der Waals surface area contributed by atoms with Crippen molar-refractivity contribution in [2.24, 2.45) is 17.3 Å². The Labute approximate surface area is 266 Å². The van der Waals surface area contributed by atoms with Crippen LogP contribution in [0.2, 0.25) is 0 Å². The third-order valence-electron chi connectivity index (χ3n) is 9.32. The molecule has 2 rings (SSSR count). The summed E-state index contributed by atoms with van der Waals surface area (Å²) in [5.41, 5.74) is 0.707. The first-order valence-electron chi connectivity index (χ1n) is 16.1. The van der Waals surface area contributed by atoms with Crippen molar-refractivity contribution in [3.05, 3.63) is 47.5 Å². The fraction of sp³-hybridized carbons (Fsp3) is 0.694. The van der Waals surface area contributed by atoms with Crippen molar-refractivity contribution < 1.29 is 23.9 Å². The van der Waals surface area contributed by atoms with E-state index < -0.39 is 16.9 Å². The van der Waals surface area contributed by atoms with Gasteiger partial charge in [0.25, 0.3) is 0 Å². The number of nitrogens with zero attached hydrogens (tertiary/aromatic N) is 2. The molecule has 1 aliphatic rings. The van der Waals surface area contributed by atoms with Gasteiger partial charge in [-0.1, -0.05) is 91.8 Å². The molecule has 8 nitrogen and oxygen atoms in total. The molecule has 0 bridgehead atoms. The van der Waals surface area contributed by atoms with Crippen molar-refractivity contribution >= 4 is 17.7 Å². The van der Waals surface area contributed by atoms with Crippen LogP contribution in [0, 0.1) is 17.3 Å². The van der Waals surface area contributed by atoms with Gasteiger partial charge in [0.1, 0.15) is 6.04 Å². The summed E-state index contributed by atoms with van der Waals surface area (Å²) in [6.45, 7) is 19.0. The van der Waals surface area contributed by atoms with E-state index in [9.17, 15) is 14.4 Å². The van der Waals surface area contributed by atoms with Gasteiger partial charge in [0.15, 0.2) is 0 Å². The number of hydrogen-bond acceptors (Lipinski definition) is 5. The third-order valence-corrected chi connectivity index (χ3v) is 9.32. The lowest BCUT2D eigenvalue weighted by Gasteiger charge is -2.40. The van der Waals surface area contributed by atoms with Crippen molar-refractivity contribution in [2.75, 3.05) is 34.5 Å². The van der Waals surface area contributed by atoms with Crippen LogP contribution in [0.4, 0.5) is 0 Å². The molecule has 1 aromatic carbocycles. The van der Waals surface area contributed by atoms with Gasteiger partial charge in [0, 0.05) is 38.2 Å². The minimum Gasteiger partial charge on any atom is -0.383 e. The Morgan fingerprint density at radius 1 is 1.00 bits per heavy atom. The van der Waals surface area contributed by atoms with E-state index >= 15 is 0 Å². The fourth-order valence-electron chi connectivity index (χ4n) is 6.62. The summed E-state index contributed by atoms with van der Waals surface area (Å²) >= 11 is 0. The van der Waals surface area contributed by atoms with E-state index in [0.29, 0.717) is 25.2 Å². The van der Waals surface area contributed by atoms with Crippen LogP contribution < -0.4 is 5.32 Å². The molecule has 1 saturated heterocycles. The second-order valence-corrected chi connectivity index (χ2v) is 14.4. The van der Waals surface area contributed by atoms with Crippen molar-refractivity contribution in [3.8, 4) is 0 Å². The number of benzene rings is 1. The summed E-state index contributed by atoms with van der Waals surface area (Å²) in [4.78, 5) is 45.5. The van der Waals surface area contributed by atoms with Gasteiger partial charge in [-0.05, 0) is 43.1 Å². The second-order valence-electron chi connectivity index (χ2n) is 14.4. The van der Waals surface area contributed by atoms with Gasteiger partial charge < -0.3 is 24.6 Å². The van der Waals surface area contributed by atoms with Crippen molar-refractivity contribution in [1.82, 2.24) is 15.1 Å². The SMILES string of the molecule is CC[C@H](C(=O)N[C@H](C(=O)N(C)[C@H](/C=C(\C)C(=O)N1[C@H](COC)CC[C@H]1COC)C(C)C)C(C)(C)C)C(C)(C)c1ccccc1. The Hall–Kier alpha value is -2.71. The van der Waals surface area contributed by atoms with Gasteiger partial charge in [-0.15, -0.1) is 0 Å². The molecule has 0 spiro atoms. The van der Waals surface area contributed by atoms with Crippen LogP contribution in [-0.2, 0) is 29.3 Å². The van der Waals surface area contributed by atoms with Crippen molar-refractivity contribution in [2.45, 2.75) is 111 Å². The molecule has 1 aromatic rings. The van der Waals surface area contributed by atoms with E-state index in [-0.39, 0.29) is 47.7 Å². The number of rotatable bonds is 14. The normalized spacial score (nSPS) is 19.9.